The van der Waals surface area contributed by atoms with Crippen molar-refractivity contribution in [3.63, 3.8) is 0 Å². The van der Waals surface area contributed by atoms with E-state index < -0.39 is 17.6 Å². The molecule has 0 amide bonds. The minimum atomic E-state index is -1.46. The van der Waals surface area contributed by atoms with Crippen LogP contribution >= 0.6 is 0 Å². The topological polar surface area (TPSA) is 26.3 Å². The first-order valence-corrected chi connectivity index (χ1v) is 2.78. The summed E-state index contributed by atoms with van der Waals surface area (Å²) in [6.07, 6.45) is 0. The highest BCUT2D eigenvalue weighted by atomic mass is 19.2. The maximum absolute atomic E-state index is 12.1. The molecule has 0 aliphatic carbocycles. The molecule has 2 nitrogen and oxygen atoms in total. The Bertz CT molecular complexity index is 159. The first-order valence-electron chi connectivity index (χ1n) is 2.78. The Labute approximate surface area is 57.5 Å². The number of halogens is 2. The second-order valence-electron chi connectivity index (χ2n) is 1.57. The Morgan fingerprint density at radius 2 is 2.00 bits per heavy atom. The molecule has 0 radical (unpaired) electrons. The Kier molecular flexibility index (Phi) is 3.61. The summed E-state index contributed by atoms with van der Waals surface area (Å²) in [6, 6.07) is 0. The van der Waals surface area contributed by atoms with E-state index in [2.05, 4.69) is 4.74 Å². The summed E-state index contributed by atoms with van der Waals surface area (Å²) in [4.78, 5) is 10.3. The van der Waals surface area contributed by atoms with Crippen LogP contribution in [0, 0.1) is 0 Å². The largest absolute Gasteiger partial charge is 0.461 e. The Balaban J connectivity index is 4.09. The molecule has 0 N–H and O–H groups in total. The van der Waals surface area contributed by atoms with Gasteiger partial charge in [-0.2, -0.15) is 4.39 Å². The number of ether oxygens (including phenoxy) is 1. The fraction of sp³-hybridized carbons (Fsp3) is 0.500. The van der Waals surface area contributed by atoms with Crippen molar-refractivity contribution in [1.29, 1.82) is 0 Å². The van der Waals surface area contributed by atoms with Crippen LogP contribution in [0.2, 0.25) is 0 Å². The van der Waals surface area contributed by atoms with Gasteiger partial charge in [0.1, 0.15) is 5.83 Å². The molecule has 0 atom stereocenters. The lowest BCUT2D eigenvalue weighted by molar-refractivity contribution is -0.140. The number of carbonyl (C=O) groups excluding carboxylic acids is 1. The number of rotatable bonds is 2. The van der Waals surface area contributed by atoms with E-state index in [-0.39, 0.29) is 6.61 Å². The molecule has 0 aromatic rings. The zero-order valence-electron chi connectivity index (χ0n) is 5.78. The highest BCUT2D eigenvalue weighted by molar-refractivity contribution is 5.86. The highest BCUT2D eigenvalue weighted by Gasteiger charge is 2.12. The van der Waals surface area contributed by atoms with Crippen molar-refractivity contribution >= 4 is 5.97 Å². The van der Waals surface area contributed by atoms with Gasteiger partial charge in [0, 0.05) is 0 Å². The molecule has 0 aliphatic heterocycles. The molecule has 0 bridgehead atoms. The fourth-order valence-electron chi connectivity index (χ4n) is 0.335. The minimum Gasteiger partial charge on any atom is -0.461 e. The molecule has 0 rings (SSSR count). The standard InChI is InChI=1S/C6H8F2O2/c1-3-10-6(9)5(8)4(2)7/h3H2,1-2H3/b5-4-. The number of esters is 1. The Hall–Kier alpha value is -0.930. The van der Waals surface area contributed by atoms with E-state index in [0.717, 1.165) is 6.92 Å². The molecule has 0 aromatic carbocycles. The molecule has 0 saturated heterocycles. The second kappa shape index (κ2) is 3.98. The van der Waals surface area contributed by atoms with Crippen molar-refractivity contribution < 1.29 is 18.3 Å². The van der Waals surface area contributed by atoms with Crippen molar-refractivity contribution in [1.82, 2.24) is 0 Å². The first kappa shape index (κ1) is 9.07. The second-order valence-corrected chi connectivity index (χ2v) is 1.57. The van der Waals surface area contributed by atoms with E-state index in [0.29, 0.717) is 0 Å². The van der Waals surface area contributed by atoms with Gasteiger partial charge in [0.2, 0.25) is 5.83 Å². The average molecular weight is 150 g/mol. The van der Waals surface area contributed by atoms with Gasteiger partial charge in [0.25, 0.3) is 0 Å². The van der Waals surface area contributed by atoms with Crippen LogP contribution in [0.15, 0.2) is 11.7 Å². The summed E-state index contributed by atoms with van der Waals surface area (Å²) in [6.45, 7) is 2.41. The zero-order valence-corrected chi connectivity index (χ0v) is 5.78. The van der Waals surface area contributed by atoms with Crippen LogP contribution in [0.25, 0.3) is 0 Å². The molecule has 58 valence electrons. The van der Waals surface area contributed by atoms with Crippen molar-refractivity contribution in [3.05, 3.63) is 11.7 Å². The molecule has 10 heavy (non-hydrogen) atoms. The molecule has 0 heterocycles. The third-order valence-electron chi connectivity index (χ3n) is 0.757. The Morgan fingerprint density at radius 1 is 1.50 bits per heavy atom. The SMILES string of the molecule is CCOC(=O)/C(F)=C(\C)F. The lowest BCUT2D eigenvalue weighted by Crippen LogP contribution is -2.04. The number of carbonyl (C=O) groups is 1. The van der Waals surface area contributed by atoms with Crippen LogP contribution in [0.3, 0.4) is 0 Å². The van der Waals surface area contributed by atoms with E-state index in [1.165, 1.54) is 6.92 Å². The van der Waals surface area contributed by atoms with Gasteiger partial charge in [0.05, 0.1) is 6.61 Å². The van der Waals surface area contributed by atoms with Gasteiger partial charge in [-0.05, 0) is 13.8 Å². The van der Waals surface area contributed by atoms with Gasteiger partial charge in [0.15, 0.2) is 0 Å². The predicted octanol–water partition coefficient (Wildman–Crippen LogP) is 1.72. The van der Waals surface area contributed by atoms with Crippen LogP contribution in [-0.2, 0) is 9.53 Å². The first-order chi connectivity index (χ1) is 4.59. The lowest BCUT2D eigenvalue weighted by Gasteiger charge is -1.96. The predicted molar refractivity (Wildman–Crippen MR) is 31.5 cm³/mol. The molecule has 0 saturated carbocycles. The van der Waals surface area contributed by atoms with Crippen LogP contribution in [-0.4, -0.2) is 12.6 Å². The quantitative estimate of drug-likeness (QED) is 0.442. The van der Waals surface area contributed by atoms with Crippen LogP contribution in [0.5, 0.6) is 0 Å². The van der Waals surface area contributed by atoms with Gasteiger partial charge in [-0.3, -0.25) is 0 Å². The third kappa shape index (κ3) is 2.57. The maximum atomic E-state index is 12.1. The molecule has 0 aliphatic rings. The molecule has 0 aromatic heterocycles. The summed E-state index contributed by atoms with van der Waals surface area (Å²) in [7, 11) is 0. The average Bonchev–Trinajstić information content (AvgIpc) is 1.87. The summed E-state index contributed by atoms with van der Waals surface area (Å²) in [5.74, 6) is -3.86. The van der Waals surface area contributed by atoms with E-state index in [4.69, 9.17) is 0 Å². The molecule has 0 spiro atoms. The van der Waals surface area contributed by atoms with Crippen molar-refractivity contribution in [2.24, 2.45) is 0 Å². The summed E-state index contributed by atoms with van der Waals surface area (Å²) >= 11 is 0. The zero-order chi connectivity index (χ0) is 8.15. The molecular weight excluding hydrogens is 142 g/mol. The summed E-state index contributed by atoms with van der Waals surface area (Å²) in [5, 5.41) is 0. The monoisotopic (exact) mass is 150 g/mol. The fourth-order valence-corrected chi connectivity index (χ4v) is 0.335. The van der Waals surface area contributed by atoms with E-state index in [9.17, 15) is 13.6 Å². The van der Waals surface area contributed by atoms with Crippen molar-refractivity contribution in [2.75, 3.05) is 6.61 Å². The smallest absolute Gasteiger partial charge is 0.369 e. The Morgan fingerprint density at radius 3 is 2.30 bits per heavy atom. The maximum Gasteiger partial charge on any atom is 0.369 e. The molecule has 0 unspecified atom stereocenters. The third-order valence-corrected chi connectivity index (χ3v) is 0.757. The lowest BCUT2D eigenvalue weighted by atomic mass is 10.5. The van der Waals surface area contributed by atoms with Crippen LogP contribution in [0.1, 0.15) is 13.8 Å². The normalized spacial score (nSPS) is 12.4. The van der Waals surface area contributed by atoms with Gasteiger partial charge in [-0.25, -0.2) is 9.18 Å². The molecule has 0 fully saturated rings. The highest BCUT2D eigenvalue weighted by Crippen LogP contribution is 2.07. The number of hydrogen-bond acceptors (Lipinski definition) is 2. The van der Waals surface area contributed by atoms with Crippen molar-refractivity contribution in [3.8, 4) is 0 Å². The van der Waals surface area contributed by atoms with E-state index in [1.807, 2.05) is 0 Å². The summed E-state index contributed by atoms with van der Waals surface area (Å²) in [5.41, 5.74) is 0. The van der Waals surface area contributed by atoms with Crippen LogP contribution in [0.4, 0.5) is 8.78 Å². The minimum absolute atomic E-state index is 0.0412. The summed E-state index contributed by atoms with van der Waals surface area (Å²) < 4.78 is 28.2. The van der Waals surface area contributed by atoms with E-state index >= 15 is 0 Å². The van der Waals surface area contributed by atoms with Gasteiger partial charge < -0.3 is 4.74 Å². The number of hydrogen-bond donors (Lipinski definition) is 0. The molecular formula is C6H8F2O2. The van der Waals surface area contributed by atoms with Gasteiger partial charge >= 0.3 is 5.97 Å². The van der Waals surface area contributed by atoms with Gasteiger partial charge in [-0.15, -0.1) is 0 Å². The van der Waals surface area contributed by atoms with Gasteiger partial charge in [-0.1, -0.05) is 0 Å². The van der Waals surface area contributed by atoms with E-state index in [1.54, 1.807) is 0 Å². The van der Waals surface area contributed by atoms with Crippen molar-refractivity contribution in [2.45, 2.75) is 13.8 Å². The number of allylic oxidation sites excluding steroid dienone is 1. The van der Waals surface area contributed by atoms with Crippen LogP contribution < -0.4 is 0 Å². The molecule has 4 heteroatoms.